The number of hydrogen-bond acceptors (Lipinski definition) is 3. The summed E-state index contributed by atoms with van der Waals surface area (Å²) in [5.74, 6) is 0.702. The lowest BCUT2D eigenvalue weighted by Crippen LogP contribution is -2.07. The molecular formula is C12H13ClN2S. The fourth-order valence-electron chi connectivity index (χ4n) is 1.32. The van der Waals surface area contributed by atoms with Crippen molar-refractivity contribution in [2.45, 2.75) is 26.2 Å². The molecule has 2 nitrogen and oxygen atoms in total. The van der Waals surface area contributed by atoms with Crippen molar-refractivity contribution in [3.05, 3.63) is 34.4 Å². The number of nitrogens with zero attached hydrogens (tertiary/aromatic N) is 2. The van der Waals surface area contributed by atoms with Crippen LogP contribution >= 0.6 is 22.9 Å². The van der Waals surface area contributed by atoms with Crippen LogP contribution in [0.3, 0.4) is 0 Å². The Morgan fingerprint density at radius 3 is 2.50 bits per heavy atom. The molecule has 0 aliphatic rings. The normalized spacial score (nSPS) is 11.8. The van der Waals surface area contributed by atoms with Crippen molar-refractivity contribution < 1.29 is 0 Å². The quantitative estimate of drug-likeness (QED) is 0.713. The summed E-state index contributed by atoms with van der Waals surface area (Å²) >= 11 is 7.56. The summed E-state index contributed by atoms with van der Waals surface area (Å²) < 4.78 is 0. The molecule has 2 heterocycles. The Hall–Kier alpha value is -0.930. The van der Waals surface area contributed by atoms with Crippen LogP contribution in [0, 0.1) is 0 Å². The molecule has 4 heteroatoms. The lowest BCUT2D eigenvalue weighted by atomic mass is 9.95. The monoisotopic (exact) mass is 252 g/mol. The molecule has 0 aliphatic carbocycles. The first-order valence-corrected chi connectivity index (χ1v) is 6.25. The fourth-order valence-corrected chi connectivity index (χ4v) is 2.46. The molecule has 0 fully saturated rings. The summed E-state index contributed by atoms with van der Waals surface area (Å²) in [7, 11) is 0. The lowest BCUT2D eigenvalue weighted by Gasteiger charge is -2.15. The molecule has 2 aromatic heterocycles. The van der Waals surface area contributed by atoms with Gasteiger partial charge in [-0.25, -0.2) is 9.97 Å². The van der Waals surface area contributed by atoms with Gasteiger partial charge in [0.05, 0.1) is 4.88 Å². The SMILES string of the molecule is CC(C)(C)c1ccc(-c2nccc(Cl)n2)s1. The van der Waals surface area contributed by atoms with E-state index in [0.29, 0.717) is 11.0 Å². The number of halogens is 1. The summed E-state index contributed by atoms with van der Waals surface area (Å²) in [5, 5.41) is 0.482. The Bertz CT molecular complexity index is 500. The molecule has 0 bridgehead atoms. The molecule has 0 aromatic carbocycles. The molecule has 0 atom stereocenters. The molecule has 2 aromatic rings. The van der Waals surface area contributed by atoms with Crippen LogP contribution in [0.1, 0.15) is 25.6 Å². The maximum absolute atomic E-state index is 5.84. The fraction of sp³-hybridized carbons (Fsp3) is 0.333. The van der Waals surface area contributed by atoms with Gasteiger partial charge in [-0.2, -0.15) is 0 Å². The topological polar surface area (TPSA) is 25.8 Å². The van der Waals surface area contributed by atoms with E-state index in [-0.39, 0.29) is 5.41 Å². The maximum Gasteiger partial charge on any atom is 0.170 e. The summed E-state index contributed by atoms with van der Waals surface area (Å²) in [6, 6.07) is 5.87. The van der Waals surface area contributed by atoms with E-state index in [1.165, 1.54) is 4.88 Å². The van der Waals surface area contributed by atoms with Crippen LogP contribution in [-0.4, -0.2) is 9.97 Å². The minimum absolute atomic E-state index is 0.168. The Balaban J connectivity index is 2.39. The van der Waals surface area contributed by atoms with Crippen molar-refractivity contribution in [3.63, 3.8) is 0 Å². The van der Waals surface area contributed by atoms with Crippen molar-refractivity contribution >= 4 is 22.9 Å². The van der Waals surface area contributed by atoms with Crippen LogP contribution in [-0.2, 0) is 5.41 Å². The second-order valence-electron chi connectivity index (χ2n) is 4.62. The van der Waals surface area contributed by atoms with E-state index in [2.05, 4.69) is 42.9 Å². The number of aromatic nitrogens is 2. The minimum atomic E-state index is 0.168. The van der Waals surface area contributed by atoms with Crippen LogP contribution in [0.4, 0.5) is 0 Å². The van der Waals surface area contributed by atoms with E-state index in [4.69, 9.17) is 11.6 Å². The average molecular weight is 253 g/mol. The minimum Gasteiger partial charge on any atom is -0.236 e. The molecule has 0 unspecified atom stereocenters. The van der Waals surface area contributed by atoms with Crippen molar-refractivity contribution in [2.24, 2.45) is 0 Å². The van der Waals surface area contributed by atoms with Crippen LogP contribution in [0.25, 0.3) is 10.7 Å². The molecule has 0 aliphatic heterocycles. The van der Waals surface area contributed by atoms with Gasteiger partial charge in [-0.15, -0.1) is 11.3 Å². The third kappa shape index (κ3) is 2.42. The number of thiophene rings is 1. The van der Waals surface area contributed by atoms with Crippen molar-refractivity contribution in [3.8, 4) is 10.7 Å². The Labute approximate surface area is 104 Å². The van der Waals surface area contributed by atoms with Crippen LogP contribution < -0.4 is 0 Å². The molecular weight excluding hydrogens is 240 g/mol. The zero-order chi connectivity index (χ0) is 11.8. The highest BCUT2D eigenvalue weighted by atomic mass is 35.5. The zero-order valence-electron chi connectivity index (χ0n) is 9.49. The highest BCUT2D eigenvalue weighted by Crippen LogP contribution is 2.33. The summed E-state index contributed by atoms with van der Waals surface area (Å²) in [5.41, 5.74) is 0.168. The van der Waals surface area contributed by atoms with Crippen molar-refractivity contribution in [2.75, 3.05) is 0 Å². The van der Waals surface area contributed by atoms with Gasteiger partial charge in [0.25, 0.3) is 0 Å². The molecule has 0 amide bonds. The molecule has 84 valence electrons. The highest BCUT2D eigenvalue weighted by molar-refractivity contribution is 7.15. The van der Waals surface area contributed by atoms with E-state index >= 15 is 0 Å². The molecule has 16 heavy (non-hydrogen) atoms. The standard InChI is InChI=1S/C12H13ClN2S/c1-12(2,3)9-5-4-8(16-9)11-14-7-6-10(13)15-11/h4-7H,1-3H3. The molecule has 0 radical (unpaired) electrons. The smallest absolute Gasteiger partial charge is 0.170 e. The lowest BCUT2D eigenvalue weighted by molar-refractivity contribution is 0.604. The predicted molar refractivity (Wildman–Crippen MR) is 69.1 cm³/mol. The number of hydrogen-bond donors (Lipinski definition) is 0. The molecule has 0 saturated heterocycles. The first-order valence-electron chi connectivity index (χ1n) is 5.06. The van der Waals surface area contributed by atoms with Gasteiger partial charge >= 0.3 is 0 Å². The Morgan fingerprint density at radius 1 is 1.19 bits per heavy atom. The molecule has 0 N–H and O–H groups in total. The third-order valence-corrected chi connectivity index (χ3v) is 3.90. The molecule has 0 spiro atoms. The van der Waals surface area contributed by atoms with E-state index in [1.54, 1.807) is 23.6 Å². The van der Waals surface area contributed by atoms with Gasteiger partial charge < -0.3 is 0 Å². The first kappa shape index (κ1) is 11.6. The average Bonchev–Trinajstić information content (AvgIpc) is 2.65. The van der Waals surface area contributed by atoms with Crippen molar-refractivity contribution in [1.82, 2.24) is 9.97 Å². The van der Waals surface area contributed by atoms with Crippen LogP contribution in [0.2, 0.25) is 5.15 Å². The van der Waals surface area contributed by atoms with Gasteiger partial charge in [-0.05, 0) is 23.6 Å². The Kier molecular flexibility index (Phi) is 3.00. The van der Waals surface area contributed by atoms with Gasteiger partial charge in [0.1, 0.15) is 5.15 Å². The zero-order valence-corrected chi connectivity index (χ0v) is 11.1. The van der Waals surface area contributed by atoms with E-state index in [0.717, 1.165) is 4.88 Å². The van der Waals surface area contributed by atoms with Gasteiger partial charge in [0.15, 0.2) is 5.82 Å². The summed E-state index contributed by atoms with van der Waals surface area (Å²) in [6.45, 7) is 6.59. The number of rotatable bonds is 1. The maximum atomic E-state index is 5.84. The summed E-state index contributed by atoms with van der Waals surface area (Å²) in [4.78, 5) is 10.8. The van der Waals surface area contributed by atoms with Gasteiger partial charge in [0.2, 0.25) is 0 Å². The largest absolute Gasteiger partial charge is 0.236 e. The third-order valence-electron chi connectivity index (χ3n) is 2.19. The first-order chi connectivity index (χ1) is 7.47. The van der Waals surface area contributed by atoms with E-state index < -0.39 is 0 Å². The van der Waals surface area contributed by atoms with Crippen LogP contribution in [0.5, 0.6) is 0 Å². The molecule has 2 rings (SSSR count). The van der Waals surface area contributed by atoms with E-state index in [1.807, 2.05) is 0 Å². The van der Waals surface area contributed by atoms with Gasteiger partial charge in [-0.1, -0.05) is 32.4 Å². The van der Waals surface area contributed by atoms with Gasteiger partial charge in [0, 0.05) is 11.1 Å². The van der Waals surface area contributed by atoms with E-state index in [9.17, 15) is 0 Å². The molecule has 0 saturated carbocycles. The second kappa shape index (κ2) is 4.15. The Morgan fingerprint density at radius 2 is 1.94 bits per heavy atom. The predicted octanol–water partition coefficient (Wildman–Crippen LogP) is 4.16. The second-order valence-corrected chi connectivity index (χ2v) is 6.09. The van der Waals surface area contributed by atoms with Gasteiger partial charge in [-0.3, -0.25) is 0 Å². The summed E-state index contributed by atoms with van der Waals surface area (Å²) in [6.07, 6.45) is 1.68. The van der Waals surface area contributed by atoms with Crippen LogP contribution in [0.15, 0.2) is 24.4 Å². The highest BCUT2D eigenvalue weighted by Gasteiger charge is 2.17. The van der Waals surface area contributed by atoms with Crippen molar-refractivity contribution in [1.29, 1.82) is 0 Å².